The number of hydrogen-bond donors (Lipinski definition) is 1. The Bertz CT molecular complexity index is 160. The Morgan fingerprint density at radius 3 is 2.50 bits per heavy atom. The van der Waals surface area contributed by atoms with Crippen molar-refractivity contribution in [3.05, 3.63) is 0 Å². The van der Waals surface area contributed by atoms with E-state index in [4.69, 9.17) is 10.5 Å². The minimum Gasteiger partial charge on any atom is -0.384 e. The molecule has 0 heterocycles. The maximum atomic E-state index is 5.79. The molecule has 4 atom stereocenters. The molecule has 70 valence electrons. The summed E-state index contributed by atoms with van der Waals surface area (Å²) in [5, 5.41) is 0. The third kappa shape index (κ3) is 1.17. The van der Waals surface area contributed by atoms with Crippen LogP contribution in [0.4, 0.5) is 0 Å². The molecule has 2 fully saturated rings. The smallest absolute Gasteiger partial charge is 0.0496 e. The van der Waals surface area contributed by atoms with Gasteiger partial charge in [0.15, 0.2) is 0 Å². The summed E-state index contributed by atoms with van der Waals surface area (Å²) in [5.41, 5.74) is 5.79. The van der Waals surface area contributed by atoms with Crippen LogP contribution in [0.5, 0.6) is 0 Å². The van der Waals surface area contributed by atoms with E-state index in [1.165, 1.54) is 19.3 Å². The lowest BCUT2D eigenvalue weighted by molar-refractivity contribution is 0.0893. The largest absolute Gasteiger partial charge is 0.384 e. The van der Waals surface area contributed by atoms with Gasteiger partial charge in [-0.1, -0.05) is 0 Å². The third-order valence-electron chi connectivity index (χ3n) is 3.91. The van der Waals surface area contributed by atoms with Crippen LogP contribution in [0.1, 0.15) is 19.3 Å². The van der Waals surface area contributed by atoms with Gasteiger partial charge in [-0.2, -0.15) is 0 Å². The van der Waals surface area contributed by atoms with Gasteiger partial charge < -0.3 is 10.5 Å². The fraction of sp³-hybridized carbons (Fsp3) is 1.00. The molecule has 2 rings (SSSR count). The number of hydrogen-bond acceptors (Lipinski definition) is 2. The van der Waals surface area contributed by atoms with E-state index >= 15 is 0 Å². The molecule has 2 heteroatoms. The van der Waals surface area contributed by atoms with Gasteiger partial charge in [0.25, 0.3) is 0 Å². The van der Waals surface area contributed by atoms with E-state index in [1.54, 1.807) is 7.11 Å². The van der Waals surface area contributed by atoms with Crippen molar-refractivity contribution in [1.82, 2.24) is 0 Å². The first kappa shape index (κ1) is 8.52. The number of ether oxygens (including phenoxy) is 1. The highest BCUT2D eigenvalue weighted by molar-refractivity contribution is 4.96. The molecule has 0 spiro atoms. The monoisotopic (exact) mass is 169 g/mol. The Hall–Kier alpha value is -0.0800. The van der Waals surface area contributed by atoms with Crippen LogP contribution >= 0.6 is 0 Å². The summed E-state index contributed by atoms with van der Waals surface area (Å²) < 4.78 is 5.25. The highest BCUT2D eigenvalue weighted by atomic mass is 16.5. The van der Waals surface area contributed by atoms with Gasteiger partial charge in [-0.15, -0.1) is 0 Å². The minimum absolute atomic E-state index is 0.767. The first-order chi connectivity index (χ1) is 5.86. The van der Waals surface area contributed by atoms with Crippen molar-refractivity contribution in [3.8, 4) is 0 Å². The molecule has 2 aliphatic rings. The van der Waals surface area contributed by atoms with E-state index < -0.39 is 0 Å². The fourth-order valence-corrected chi connectivity index (χ4v) is 3.35. The topological polar surface area (TPSA) is 35.2 Å². The van der Waals surface area contributed by atoms with Crippen LogP contribution in [0.25, 0.3) is 0 Å². The van der Waals surface area contributed by atoms with Gasteiger partial charge >= 0.3 is 0 Å². The predicted octanol–water partition coefficient (Wildman–Crippen LogP) is 1.25. The maximum Gasteiger partial charge on any atom is 0.0496 e. The van der Waals surface area contributed by atoms with Crippen molar-refractivity contribution in [1.29, 1.82) is 0 Å². The van der Waals surface area contributed by atoms with Crippen molar-refractivity contribution in [3.63, 3.8) is 0 Å². The summed E-state index contributed by atoms with van der Waals surface area (Å²) in [4.78, 5) is 0. The standard InChI is InChI=1S/C10H19NO/c1-12-6-10-8-3-2-7(4-8)9(10)5-11/h7-10H,2-6,11H2,1H3. The maximum absolute atomic E-state index is 5.79. The average Bonchev–Trinajstić information content (AvgIpc) is 2.64. The molecule has 4 unspecified atom stereocenters. The molecule has 12 heavy (non-hydrogen) atoms. The van der Waals surface area contributed by atoms with Crippen LogP contribution in [0, 0.1) is 23.7 Å². The lowest BCUT2D eigenvalue weighted by atomic mass is 9.80. The molecule has 0 aromatic heterocycles. The van der Waals surface area contributed by atoms with Gasteiger partial charge in [-0.05, 0) is 49.5 Å². The molecule has 0 radical (unpaired) electrons. The summed E-state index contributed by atoms with van der Waals surface area (Å²) in [6.07, 6.45) is 4.28. The molecule has 2 N–H and O–H groups in total. The second-order valence-electron chi connectivity index (χ2n) is 4.35. The SMILES string of the molecule is COCC1C2CCC(C2)C1CN. The molecule has 2 bridgehead atoms. The van der Waals surface area contributed by atoms with E-state index in [2.05, 4.69) is 0 Å². The van der Waals surface area contributed by atoms with E-state index in [9.17, 15) is 0 Å². The van der Waals surface area contributed by atoms with Crippen molar-refractivity contribution < 1.29 is 4.74 Å². The molecule has 2 nitrogen and oxygen atoms in total. The van der Waals surface area contributed by atoms with Gasteiger partial charge in [-0.3, -0.25) is 0 Å². The zero-order valence-corrected chi connectivity index (χ0v) is 7.83. The number of methoxy groups -OCH3 is 1. The quantitative estimate of drug-likeness (QED) is 0.690. The molecule has 0 aromatic carbocycles. The first-order valence-electron chi connectivity index (χ1n) is 5.05. The van der Waals surface area contributed by atoms with E-state index in [0.717, 1.165) is 36.8 Å². The molecular weight excluding hydrogens is 150 g/mol. The number of rotatable bonds is 3. The van der Waals surface area contributed by atoms with E-state index in [-0.39, 0.29) is 0 Å². The van der Waals surface area contributed by atoms with Gasteiger partial charge in [0.1, 0.15) is 0 Å². The van der Waals surface area contributed by atoms with Gasteiger partial charge in [-0.25, -0.2) is 0 Å². The molecule has 2 aliphatic carbocycles. The Kier molecular flexibility index (Phi) is 2.37. The van der Waals surface area contributed by atoms with Crippen LogP contribution in [-0.2, 0) is 4.74 Å². The zero-order valence-electron chi connectivity index (χ0n) is 7.83. The van der Waals surface area contributed by atoms with E-state index in [0.29, 0.717) is 0 Å². The van der Waals surface area contributed by atoms with Crippen molar-refractivity contribution >= 4 is 0 Å². The van der Waals surface area contributed by atoms with Crippen LogP contribution in [-0.4, -0.2) is 20.3 Å². The third-order valence-corrected chi connectivity index (χ3v) is 3.91. The Balaban J connectivity index is 2.01. The van der Waals surface area contributed by atoms with Crippen molar-refractivity contribution in [2.45, 2.75) is 19.3 Å². The summed E-state index contributed by atoms with van der Waals surface area (Å²) in [6.45, 7) is 1.80. The van der Waals surface area contributed by atoms with Crippen LogP contribution in [0.3, 0.4) is 0 Å². The Labute approximate surface area is 74.5 Å². The zero-order chi connectivity index (χ0) is 8.55. The highest BCUT2D eigenvalue weighted by Gasteiger charge is 2.46. The molecular formula is C10H19NO. The lowest BCUT2D eigenvalue weighted by Gasteiger charge is -2.29. The summed E-state index contributed by atoms with van der Waals surface area (Å²) in [7, 11) is 1.81. The van der Waals surface area contributed by atoms with Crippen molar-refractivity contribution in [2.75, 3.05) is 20.3 Å². The highest BCUT2D eigenvalue weighted by Crippen LogP contribution is 2.51. The second kappa shape index (κ2) is 3.35. The summed E-state index contributed by atoms with van der Waals surface area (Å²) in [5.74, 6) is 3.41. The lowest BCUT2D eigenvalue weighted by Crippen LogP contribution is -2.31. The Morgan fingerprint density at radius 2 is 1.92 bits per heavy atom. The van der Waals surface area contributed by atoms with Crippen LogP contribution < -0.4 is 5.73 Å². The predicted molar refractivity (Wildman–Crippen MR) is 48.7 cm³/mol. The number of nitrogens with two attached hydrogens (primary N) is 1. The fourth-order valence-electron chi connectivity index (χ4n) is 3.35. The molecule has 0 saturated heterocycles. The first-order valence-corrected chi connectivity index (χ1v) is 5.05. The van der Waals surface area contributed by atoms with Crippen LogP contribution in [0.15, 0.2) is 0 Å². The number of fused-ring (bicyclic) bond motifs is 2. The Morgan fingerprint density at radius 1 is 1.25 bits per heavy atom. The summed E-state index contributed by atoms with van der Waals surface area (Å²) in [6, 6.07) is 0. The van der Waals surface area contributed by atoms with Gasteiger partial charge in [0, 0.05) is 13.7 Å². The minimum atomic E-state index is 0.767. The summed E-state index contributed by atoms with van der Waals surface area (Å²) >= 11 is 0. The molecule has 2 saturated carbocycles. The molecule has 0 aliphatic heterocycles. The molecule has 0 amide bonds. The van der Waals surface area contributed by atoms with Gasteiger partial charge in [0.05, 0.1) is 0 Å². The van der Waals surface area contributed by atoms with Crippen molar-refractivity contribution in [2.24, 2.45) is 29.4 Å². The van der Waals surface area contributed by atoms with E-state index in [1.807, 2.05) is 0 Å². The van der Waals surface area contributed by atoms with Crippen LogP contribution in [0.2, 0.25) is 0 Å². The van der Waals surface area contributed by atoms with Gasteiger partial charge in [0.2, 0.25) is 0 Å². The normalized spacial score (nSPS) is 45.5. The average molecular weight is 169 g/mol. The second-order valence-corrected chi connectivity index (χ2v) is 4.35. The molecule has 0 aromatic rings.